The number of benzene rings is 2. The molecule has 2 aromatic carbocycles. The molecule has 0 heterocycles. The fourth-order valence-electron chi connectivity index (χ4n) is 2.98. The third kappa shape index (κ3) is 5.40. The highest BCUT2D eigenvalue weighted by Gasteiger charge is 2.13. The molecule has 0 aliphatic rings. The van der Waals surface area contributed by atoms with Crippen molar-refractivity contribution in [3.8, 4) is 5.75 Å². The van der Waals surface area contributed by atoms with Crippen LogP contribution in [0.3, 0.4) is 0 Å². The van der Waals surface area contributed by atoms with Gasteiger partial charge >= 0.3 is 0 Å². The Morgan fingerprint density at radius 3 is 2.39 bits per heavy atom. The van der Waals surface area contributed by atoms with Gasteiger partial charge in [-0.1, -0.05) is 43.3 Å². The second kappa shape index (κ2) is 8.73. The molecule has 0 amide bonds. The van der Waals surface area contributed by atoms with Gasteiger partial charge in [0.05, 0.1) is 0 Å². The van der Waals surface area contributed by atoms with Crippen molar-refractivity contribution in [1.29, 1.82) is 0 Å². The van der Waals surface area contributed by atoms with Gasteiger partial charge in [-0.2, -0.15) is 0 Å². The molecule has 124 valence electrons. The van der Waals surface area contributed by atoms with Gasteiger partial charge in [-0.25, -0.2) is 0 Å². The summed E-state index contributed by atoms with van der Waals surface area (Å²) in [4.78, 5) is 0. The minimum atomic E-state index is 0.276. The molecule has 2 heteroatoms. The van der Waals surface area contributed by atoms with Gasteiger partial charge in [-0.3, -0.25) is 0 Å². The smallest absolute Gasteiger partial charge is 0.120 e. The second-order valence-electron chi connectivity index (χ2n) is 6.45. The summed E-state index contributed by atoms with van der Waals surface area (Å²) in [5.74, 6) is 1.53. The number of rotatable bonds is 8. The third-order valence-electron chi connectivity index (χ3n) is 4.39. The van der Waals surface area contributed by atoms with Gasteiger partial charge in [0.15, 0.2) is 0 Å². The van der Waals surface area contributed by atoms with Gasteiger partial charge in [0.1, 0.15) is 12.4 Å². The topological polar surface area (TPSA) is 35.2 Å². The van der Waals surface area contributed by atoms with Gasteiger partial charge in [0, 0.05) is 6.04 Å². The van der Waals surface area contributed by atoms with E-state index in [4.69, 9.17) is 10.5 Å². The second-order valence-corrected chi connectivity index (χ2v) is 6.45. The highest BCUT2D eigenvalue weighted by molar-refractivity contribution is 5.37. The average Bonchev–Trinajstić information content (AvgIpc) is 2.55. The first kappa shape index (κ1) is 17.6. The van der Waals surface area contributed by atoms with Gasteiger partial charge in [-0.15, -0.1) is 0 Å². The van der Waals surface area contributed by atoms with Crippen LogP contribution >= 0.6 is 0 Å². The van der Waals surface area contributed by atoms with Crippen LogP contribution < -0.4 is 10.5 Å². The Morgan fingerprint density at radius 2 is 1.78 bits per heavy atom. The van der Waals surface area contributed by atoms with Crippen molar-refractivity contribution >= 4 is 0 Å². The minimum absolute atomic E-state index is 0.276. The molecule has 2 N–H and O–H groups in total. The highest BCUT2D eigenvalue weighted by Crippen LogP contribution is 2.30. The molecule has 0 saturated heterocycles. The summed E-state index contributed by atoms with van der Waals surface area (Å²) in [6.45, 7) is 7.13. The van der Waals surface area contributed by atoms with Crippen LogP contribution in [0.15, 0.2) is 48.5 Å². The first-order chi connectivity index (χ1) is 11.1. The quantitative estimate of drug-likeness (QED) is 0.727. The minimum Gasteiger partial charge on any atom is -0.489 e. The molecule has 0 spiro atoms. The lowest BCUT2D eigenvalue weighted by Crippen LogP contribution is -2.16. The van der Waals surface area contributed by atoms with Crippen LogP contribution in [0.2, 0.25) is 0 Å². The van der Waals surface area contributed by atoms with Crippen LogP contribution in [0, 0.1) is 6.92 Å². The molecule has 2 aromatic rings. The van der Waals surface area contributed by atoms with E-state index in [2.05, 4.69) is 51.1 Å². The normalized spacial score (nSPS) is 13.6. The molecule has 0 aliphatic heterocycles. The van der Waals surface area contributed by atoms with E-state index in [-0.39, 0.29) is 6.04 Å². The van der Waals surface area contributed by atoms with Gasteiger partial charge in [0.25, 0.3) is 0 Å². The van der Waals surface area contributed by atoms with E-state index in [0.717, 1.165) is 25.0 Å². The Bertz CT molecular complexity index is 592. The van der Waals surface area contributed by atoms with Crippen LogP contribution in [0.1, 0.15) is 55.7 Å². The average molecular weight is 311 g/mol. The molecule has 2 unspecified atom stereocenters. The summed E-state index contributed by atoms with van der Waals surface area (Å²) in [5.41, 5.74) is 9.85. The first-order valence-corrected chi connectivity index (χ1v) is 8.63. The van der Waals surface area contributed by atoms with Gasteiger partial charge in [0.2, 0.25) is 0 Å². The van der Waals surface area contributed by atoms with E-state index < -0.39 is 0 Å². The van der Waals surface area contributed by atoms with E-state index in [0.29, 0.717) is 12.5 Å². The molecular weight excluding hydrogens is 282 g/mol. The third-order valence-corrected chi connectivity index (χ3v) is 4.39. The van der Waals surface area contributed by atoms with E-state index in [1.54, 1.807) is 0 Å². The lowest BCUT2D eigenvalue weighted by atomic mass is 9.88. The summed E-state index contributed by atoms with van der Waals surface area (Å²) in [6.07, 6.45) is 3.38. The zero-order valence-corrected chi connectivity index (χ0v) is 14.6. The Hall–Kier alpha value is -1.80. The van der Waals surface area contributed by atoms with Crippen molar-refractivity contribution in [3.63, 3.8) is 0 Å². The van der Waals surface area contributed by atoms with E-state index in [9.17, 15) is 0 Å². The standard InChI is InChI=1S/C21H29NO/c1-4-19(11-10-17(3)22)21-13-12-20(14-16(21)2)23-15-18-8-6-5-7-9-18/h5-9,12-14,17,19H,4,10-11,15,22H2,1-3H3. The summed E-state index contributed by atoms with van der Waals surface area (Å²) in [6, 6.07) is 17.0. The SMILES string of the molecule is CCC(CCC(C)N)c1ccc(OCc2ccccc2)cc1C. The largest absolute Gasteiger partial charge is 0.489 e. The predicted octanol–water partition coefficient (Wildman–Crippen LogP) is 5.20. The summed E-state index contributed by atoms with van der Waals surface area (Å²) < 4.78 is 5.92. The molecule has 0 saturated carbocycles. The molecule has 0 aromatic heterocycles. The molecule has 0 aliphatic carbocycles. The molecule has 0 fully saturated rings. The molecule has 2 nitrogen and oxygen atoms in total. The molecule has 23 heavy (non-hydrogen) atoms. The van der Waals surface area contributed by atoms with Crippen LogP contribution in [-0.4, -0.2) is 6.04 Å². The maximum absolute atomic E-state index is 5.92. The lowest BCUT2D eigenvalue weighted by molar-refractivity contribution is 0.306. The van der Waals surface area contributed by atoms with Crippen molar-refractivity contribution in [2.75, 3.05) is 0 Å². The molecular formula is C21H29NO. The van der Waals surface area contributed by atoms with Crippen molar-refractivity contribution in [1.82, 2.24) is 0 Å². The number of hydrogen-bond acceptors (Lipinski definition) is 2. The first-order valence-electron chi connectivity index (χ1n) is 8.63. The van der Waals surface area contributed by atoms with E-state index in [1.807, 2.05) is 18.2 Å². The van der Waals surface area contributed by atoms with Crippen LogP contribution in [0.5, 0.6) is 5.75 Å². The summed E-state index contributed by atoms with van der Waals surface area (Å²) in [7, 11) is 0. The Labute approximate surface area is 140 Å². The van der Waals surface area contributed by atoms with Crippen molar-refractivity contribution < 1.29 is 4.74 Å². The maximum Gasteiger partial charge on any atom is 0.120 e. The number of aryl methyl sites for hydroxylation is 1. The van der Waals surface area contributed by atoms with Crippen molar-refractivity contribution in [2.24, 2.45) is 5.73 Å². The fourth-order valence-corrected chi connectivity index (χ4v) is 2.98. The zero-order valence-electron chi connectivity index (χ0n) is 14.6. The van der Waals surface area contributed by atoms with Crippen LogP contribution in [0.25, 0.3) is 0 Å². The van der Waals surface area contributed by atoms with E-state index >= 15 is 0 Å². The molecule has 0 radical (unpaired) electrons. The van der Waals surface area contributed by atoms with Crippen LogP contribution in [-0.2, 0) is 6.61 Å². The van der Waals surface area contributed by atoms with Crippen molar-refractivity contribution in [2.45, 2.75) is 58.6 Å². The van der Waals surface area contributed by atoms with E-state index in [1.165, 1.54) is 16.7 Å². The number of hydrogen-bond donors (Lipinski definition) is 1. The monoisotopic (exact) mass is 311 g/mol. The molecule has 2 rings (SSSR count). The Kier molecular flexibility index (Phi) is 6.66. The predicted molar refractivity (Wildman–Crippen MR) is 97.9 cm³/mol. The fraction of sp³-hybridized carbons (Fsp3) is 0.429. The zero-order chi connectivity index (χ0) is 16.7. The maximum atomic E-state index is 5.92. The Balaban J connectivity index is 2.01. The lowest BCUT2D eigenvalue weighted by Gasteiger charge is -2.19. The van der Waals surface area contributed by atoms with Crippen molar-refractivity contribution in [3.05, 3.63) is 65.2 Å². The summed E-state index contributed by atoms with van der Waals surface area (Å²) in [5, 5.41) is 0. The Morgan fingerprint density at radius 1 is 1.04 bits per heavy atom. The molecule has 2 atom stereocenters. The van der Waals surface area contributed by atoms with Gasteiger partial charge < -0.3 is 10.5 Å². The number of nitrogens with two attached hydrogens (primary N) is 1. The van der Waals surface area contributed by atoms with Gasteiger partial charge in [-0.05, 0) is 67.9 Å². The van der Waals surface area contributed by atoms with Crippen LogP contribution in [0.4, 0.5) is 0 Å². The highest BCUT2D eigenvalue weighted by atomic mass is 16.5. The number of ether oxygens (including phenoxy) is 1. The summed E-state index contributed by atoms with van der Waals surface area (Å²) >= 11 is 0. The molecule has 0 bridgehead atoms.